The Morgan fingerprint density at radius 2 is 1.84 bits per heavy atom. The van der Waals surface area contributed by atoms with Gasteiger partial charge in [-0.2, -0.15) is 0 Å². The lowest BCUT2D eigenvalue weighted by Crippen LogP contribution is -2.40. The number of amides is 1. The number of benzene rings is 1. The Morgan fingerprint density at radius 3 is 2.36 bits per heavy atom. The molecule has 134 valence electrons. The van der Waals surface area contributed by atoms with Gasteiger partial charge in [0.2, 0.25) is 0 Å². The third kappa shape index (κ3) is 7.30. The highest BCUT2D eigenvalue weighted by molar-refractivity contribution is 5.96. The third-order valence-corrected chi connectivity index (χ3v) is 2.89. The van der Waals surface area contributed by atoms with E-state index >= 15 is 0 Å². The molecule has 0 fully saturated rings. The smallest absolute Gasteiger partial charge is 0.330 e. The number of nitrogens with one attached hydrogen (secondary N) is 1. The van der Waals surface area contributed by atoms with Crippen LogP contribution in [0.15, 0.2) is 36.4 Å². The van der Waals surface area contributed by atoms with Crippen molar-refractivity contribution in [3.8, 4) is 5.75 Å². The van der Waals surface area contributed by atoms with Crippen LogP contribution in [-0.2, 0) is 19.1 Å². The van der Waals surface area contributed by atoms with E-state index in [1.54, 1.807) is 6.92 Å². The number of hydrogen-bond donors (Lipinski definition) is 2. The molecule has 1 amide bonds. The van der Waals surface area contributed by atoms with Crippen LogP contribution in [0.3, 0.4) is 0 Å². The first-order valence-electron chi connectivity index (χ1n) is 7.49. The summed E-state index contributed by atoms with van der Waals surface area (Å²) in [5, 5.41) is 11.5. The first-order chi connectivity index (χ1) is 11.8. The lowest BCUT2D eigenvalue weighted by Gasteiger charge is -2.13. The summed E-state index contributed by atoms with van der Waals surface area (Å²) in [6.45, 7) is 3.12. The van der Waals surface area contributed by atoms with E-state index in [-0.39, 0.29) is 24.3 Å². The molecule has 0 aliphatic heterocycles. The summed E-state index contributed by atoms with van der Waals surface area (Å²) in [4.78, 5) is 45.3. The first kappa shape index (κ1) is 19.9. The molecule has 0 saturated carbocycles. The van der Waals surface area contributed by atoms with E-state index in [0.29, 0.717) is 0 Å². The zero-order valence-corrected chi connectivity index (χ0v) is 13.9. The molecule has 0 saturated heterocycles. The quantitative estimate of drug-likeness (QED) is 0.412. The van der Waals surface area contributed by atoms with E-state index in [0.717, 1.165) is 6.08 Å². The maximum atomic E-state index is 12.1. The van der Waals surface area contributed by atoms with E-state index in [9.17, 15) is 19.2 Å². The summed E-state index contributed by atoms with van der Waals surface area (Å²) in [6, 6.07) is 4.45. The molecule has 0 unspecified atom stereocenters. The average molecular weight is 349 g/mol. The Bertz CT molecular complexity index is 664. The van der Waals surface area contributed by atoms with Crippen molar-refractivity contribution in [2.45, 2.75) is 26.3 Å². The van der Waals surface area contributed by atoms with Gasteiger partial charge < -0.3 is 19.9 Å². The second kappa shape index (κ2) is 9.86. The number of esters is 2. The van der Waals surface area contributed by atoms with Gasteiger partial charge in [0, 0.05) is 18.6 Å². The molecule has 8 heteroatoms. The van der Waals surface area contributed by atoms with Crippen molar-refractivity contribution in [3.05, 3.63) is 42.0 Å². The van der Waals surface area contributed by atoms with Crippen LogP contribution in [0.2, 0.25) is 0 Å². The Kier molecular flexibility index (Phi) is 7.85. The van der Waals surface area contributed by atoms with Gasteiger partial charge in [-0.1, -0.05) is 6.08 Å². The Labute approximate surface area is 144 Å². The molecule has 0 spiro atoms. The fourth-order valence-corrected chi connectivity index (χ4v) is 1.79. The topological polar surface area (TPSA) is 119 Å². The fourth-order valence-electron chi connectivity index (χ4n) is 1.79. The van der Waals surface area contributed by atoms with Crippen LogP contribution in [0.5, 0.6) is 5.75 Å². The number of carboxylic acids is 1. The molecule has 2 N–H and O–H groups in total. The third-order valence-electron chi connectivity index (χ3n) is 2.89. The normalized spacial score (nSPS) is 11.6. The molecule has 8 nitrogen and oxygen atoms in total. The van der Waals surface area contributed by atoms with Crippen molar-refractivity contribution >= 4 is 23.8 Å². The molecule has 0 aliphatic carbocycles. The maximum Gasteiger partial charge on any atom is 0.330 e. The minimum atomic E-state index is -1.24. The highest BCUT2D eigenvalue weighted by Crippen LogP contribution is 2.12. The molecule has 1 aromatic rings. The van der Waals surface area contributed by atoms with Crippen LogP contribution in [0.1, 0.15) is 30.6 Å². The van der Waals surface area contributed by atoms with Crippen molar-refractivity contribution in [2.24, 2.45) is 0 Å². The number of hydrogen-bond acceptors (Lipinski definition) is 6. The van der Waals surface area contributed by atoms with Crippen molar-refractivity contribution in [1.29, 1.82) is 0 Å². The minimum Gasteiger partial charge on any atom is -0.480 e. The summed E-state index contributed by atoms with van der Waals surface area (Å²) in [5.41, 5.74) is 0.205. The van der Waals surface area contributed by atoms with Crippen molar-refractivity contribution < 1.29 is 33.8 Å². The van der Waals surface area contributed by atoms with Crippen molar-refractivity contribution in [1.82, 2.24) is 5.32 Å². The molecule has 1 aromatic carbocycles. The molecular weight excluding hydrogens is 330 g/mol. The monoisotopic (exact) mass is 349 g/mol. The highest BCUT2D eigenvalue weighted by Gasteiger charge is 2.19. The molecule has 0 bridgehead atoms. The highest BCUT2D eigenvalue weighted by atomic mass is 16.5. The Hall–Kier alpha value is -3.16. The number of carbonyl (C=O) groups is 4. The standard InChI is InChI=1S/C17H19NO7/c1-3-24-15(20)6-4-5-14(17(22)23)18-16(21)12-7-9-13(10-8-12)25-11(2)19/h4,6-10,14H,3,5H2,1-2H3,(H,18,21)(H,22,23)/b6-4+/t14-/m1/s1. The number of ether oxygens (including phenoxy) is 2. The SMILES string of the molecule is CCOC(=O)/C=C/C[C@@H](NC(=O)c1ccc(OC(C)=O)cc1)C(=O)O. The largest absolute Gasteiger partial charge is 0.480 e. The van der Waals surface area contributed by atoms with Crippen LogP contribution in [0.4, 0.5) is 0 Å². The average Bonchev–Trinajstić information content (AvgIpc) is 2.54. The van der Waals surface area contributed by atoms with Gasteiger partial charge in [-0.3, -0.25) is 9.59 Å². The first-order valence-corrected chi connectivity index (χ1v) is 7.49. The molecular formula is C17H19NO7. The number of carboxylic acid groups (broad SMARTS) is 1. The second-order valence-corrected chi connectivity index (χ2v) is 4.87. The predicted octanol–water partition coefficient (Wildman–Crippen LogP) is 1.30. The molecule has 25 heavy (non-hydrogen) atoms. The second-order valence-electron chi connectivity index (χ2n) is 4.87. The van der Waals surface area contributed by atoms with Crippen molar-refractivity contribution in [3.63, 3.8) is 0 Å². The zero-order chi connectivity index (χ0) is 18.8. The van der Waals surface area contributed by atoms with E-state index < -0.39 is 29.9 Å². The van der Waals surface area contributed by atoms with E-state index in [1.807, 2.05) is 0 Å². The van der Waals surface area contributed by atoms with Gasteiger partial charge in [0.25, 0.3) is 5.91 Å². The van der Waals surface area contributed by atoms with Crippen LogP contribution in [-0.4, -0.2) is 41.6 Å². The van der Waals surface area contributed by atoms with Crippen molar-refractivity contribution in [2.75, 3.05) is 6.61 Å². The van der Waals surface area contributed by atoms with Crippen LogP contribution >= 0.6 is 0 Å². The van der Waals surface area contributed by atoms with Gasteiger partial charge in [-0.05, 0) is 37.6 Å². The molecule has 0 aliphatic rings. The summed E-state index contributed by atoms with van der Waals surface area (Å²) >= 11 is 0. The fraction of sp³-hybridized carbons (Fsp3) is 0.294. The Morgan fingerprint density at radius 1 is 1.20 bits per heavy atom. The van der Waals surface area contributed by atoms with E-state index in [1.165, 1.54) is 37.3 Å². The van der Waals surface area contributed by atoms with Gasteiger partial charge >= 0.3 is 17.9 Å². The van der Waals surface area contributed by atoms with Crippen LogP contribution in [0.25, 0.3) is 0 Å². The summed E-state index contributed by atoms with van der Waals surface area (Å²) in [7, 11) is 0. The minimum absolute atomic E-state index is 0.0780. The lowest BCUT2D eigenvalue weighted by molar-refractivity contribution is -0.139. The van der Waals surface area contributed by atoms with Gasteiger partial charge in [0.15, 0.2) is 0 Å². The van der Waals surface area contributed by atoms with E-state index in [2.05, 4.69) is 10.1 Å². The predicted molar refractivity (Wildman–Crippen MR) is 87.0 cm³/mol. The van der Waals surface area contributed by atoms with Crippen LogP contribution in [0, 0.1) is 0 Å². The maximum absolute atomic E-state index is 12.1. The summed E-state index contributed by atoms with van der Waals surface area (Å²) in [6.07, 6.45) is 2.35. The molecule has 0 heterocycles. The van der Waals surface area contributed by atoms with Crippen LogP contribution < -0.4 is 10.1 Å². The van der Waals surface area contributed by atoms with Gasteiger partial charge in [0.05, 0.1) is 6.61 Å². The summed E-state index contributed by atoms with van der Waals surface area (Å²) in [5.74, 6) is -2.64. The Balaban J connectivity index is 2.68. The molecule has 0 radical (unpaired) electrons. The number of carbonyl (C=O) groups excluding carboxylic acids is 3. The molecule has 1 rings (SSSR count). The zero-order valence-electron chi connectivity index (χ0n) is 13.9. The lowest BCUT2D eigenvalue weighted by atomic mass is 10.1. The summed E-state index contributed by atoms with van der Waals surface area (Å²) < 4.78 is 9.52. The number of rotatable bonds is 8. The van der Waals surface area contributed by atoms with E-state index in [4.69, 9.17) is 9.84 Å². The number of aliphatic carboxylic acids is 1. The molecule has 1 atom stereocenters. The van der Waals surface area contributed by atoms with Gasteiger partial charge in [-0.15, -0.1) is 0 Å². The molecule has 0 aromatic heterocycles. The van der Waals surface area contributed by atoms with Gasteiger partial charge in [-0.25, -0.2) is 9.59 Å². The van der Waals surface area contributed by atoms with Gasteiger partial charge in [0.1, 0.15) is 11.8 Å².